The summed E-state index contributed by atoms with van der Waals surface area (Å²) in [4.78, 5) is 2.27. The summed E-state index contributed by atoms with van der Waals surface area (Å²) >= 11 is 2.10. The number of nitrogens with zero attached hydrogens (tertiary/aromatic N) is 1. The van der Waals surface area contributed by atoms with Gasteiger partial charge in [-0.25, -0.2) is 0 Å². The first-order valence-corrected chi connectivity index (χ1v) is 7.08. The van der Waals surface area contributed by atoms with Crippen LogP contribution in [0, 0.1) is 11.3 Å². The second-order valence-electron chi connectivity index (χ2n) is 5.76. The molecular formula is C12H26N2S. The van der Waals surface area contributed by atoms with Gasteiger partial charge < -0.3 is 10.2 Å². The van der Waals surface area contributed by atoms with Crippen molar-refractivity contribution >= 4 is 11.8 Å². The monoisotopic (exact) mass is 230 g/mol. The topological polar surface area (TPSA) is 15.3 Å². The van der Waals surface area contributed by atoms with Gasteiger partial charge in [-0.1, -0.05) is 13.8 Å². The molecule has 2 nitrogen and oxygen atoms in total. The summed E-state index contributed by atoms with van der Waals surface area (Å²) in [5.74, 6) is 3.65. The van der Waals surface area contributed by atoms with E-state index < -0.39 is 0 Å². The average molecular weight is 230 g/mol. The van der Waals surface area contributed by atoms with E-state index in [1.54, 1.807) is 0 Å². The van der Waals surface area contributed by atoms with Crippen LogP contribution in [0.25, 0.3) is 0 Å². The van der Waals surface area contributed by atoms with Crippen LogP contribution >= 0.6 is 11.8 Å². The van der Waals surface area contributed by atoms with Gasteiger partial charge in [-0.05, 0) is 49.9 Å². The van der Waals surface area contributed by atoms with Crippen LogP contribution in [0.15, 0.2) is 0 Å². The van der Waals surface area contributed by atoms with Gasteiger partial charge in [-0.3, -0.25) is 0 Å². The molecule has 1 N–H and O–H groups in total. The van der Waals surface area contributed by atoms with E-state index in [0.717, 1.165) is 19.0 Å². The van der Waals surface area contributed by atoms with Crippen LogP contribution in [0.2, 0.25) is 0 Å². The summed E-state index contributed by atoms with van der Waals surface area (Å²) in [7, 11) is 4.30. The van der Waals surface area contributed by atoms with E-state index in [-0.39, 0.29) is 0 Å². The van der Waals surface area contributed by atoms with Crippen LogP contribution in [0.4, 0.5) is 0 Å². The van der Waals surface area contributed by atoms with Crippen molar-refractivity contribution in [2.24, 2.45) is 11.3 Å². The van der Waals surface area contributed by atoms with Crippen molar-refractivity contribution in [2.75, 3.05) is 45.2 Å². The van der Waals surface area contributed by atoms with Crippen LogP contribution in [0.1, 0.15) is 20.3 Å². The molecule has 0 radical (unpaired) electrons. The first-order chi connectivity index (χ1) is 6.99. The van der Waals surface area contributed by atoms with Gasteiger partial charge in [-0.2, -0.15) is 11.8 Å². The van der Waals surface area contributed by atoms with E-state index >= 15 is 0 Å². The molecule has 1 heterocycles. The minimum absolute atomic E-state index is 0.384. The summed E-state index contributed by atoms with van der Waals surface area (Å²) in [6.45, 7) is 8.17. The second kappa shape index (κ2) is 6.12. The number of nitrogens with one attached hydrogen (secondary N) is 1. The van der Waals surface area contributed by atoms with Crippen molar-refractivity contribution in [1.29, 1.82) is 0 Å². The van der Waals surface area contributed by atoms with Crippen LogP contribution in [0.5, 0.6) is 0 Å². The third kappa shape index (κ3) is 5.79. The lowest BCUT2D eigenvalue weighted by molar-refractivity contribution is 0.230. The number of thioether (sulfide) groups is 1. The lowest BCUT2D eigenvalue weighted by atomic mass is 9.92. The van der Waals surface area contributed by atoms with Crippen molar-refractivity contribution in [3.05, 3.63) is 0 Å². The van der Waals surface area contributed by atoms with Gasteiger partial charge in [0, 0.05) is 13.1 Å². The Bertz CT molecular complexity index is 174. The van der Waals surface area contributed by atoms with Gasteiger partial charge in [0.15, 0.2) is 0 Å². The van der Waals surface area contributed by atoms with E-state index in [0.29, 0.717) is 5.41 Å². The van der Waals surface area contributed by atoms with Crippen molar-refractivity contribution < 1.29 is 0 Å². The molecule has 0 aromatic carbocycles. The number of rotatable bonds is 6. The Morgan fingerprint density at radius 2 is 2.13 bits per heavy atom. The molecule has 0 aromatic rings. The molecule has 0 amide bonds. The molecule has 0 saturated carbocycles. The molecule has 0 spiro atoms. The Hall–Kier alpha value is 0.270. The number of hydrogen-bond donors (Lipinski definition) is 1. The molecule has 1 aliphatic heterocycles. The molecule has 0 aromatic heterocycles. The quantitative estimate of drug-likeness (QED) is 0.750. The lowest BCUT2D eigenvalue weighted by Crippen LogP contribution is -2.39. The molecule has 0 aliphatic carbocycles. The van der Waals surface area contributed by atoms with Crippen molar-refractivity contribution in [3.8, 4) is 0 Å². The smallest absolute Gasteiger partial charge is 0.00387 e. The van der Waals surface area contributed by atoms with Gasteiger partial charge in [-0.15, -0.1) is 0 Å². The predicted molar refractivity (Wildman–Crippen MR) is 70.6 cm³/mol. The highest BCUT2D eigenvalue weighted by Gasteiger charge is 2.20. The minimum atomic E-state index is 0.384. The summed E-state index contributed by atoms with van der Waals surface area (Å²) in [6.07, 6.45) is 1.41. The molecule has 1 fully saturated rings. The van der Waals surface area contributed by atoms with E-state index in [1.165, 1.54) is 24.5 Å². The first-order valence-electron chi connectivity index (χ1n) is 5.93. The molecule has 0 bridgehead atoms. The second-order valence-corrected chi connectivity index (χ2v) is 6.91. The average Bonchev–Trinajstić information content (AvgIpc) is 2.53. The summed E-state index contributed by atoms with van der Waals surface area (Å²) in [6, 6.07) is 0. The minimum Gasteiger partial charge on any atom is -0.316 e. The maximum Gasteiger partial charge on any atom is 0.00387 e. The molecule has 1 rings (SSSR count). The largest absolute Gasteiger partial charge is 0.316 e. The van der Waals surface area contributed by atoms with Crippen LogP contribution in [-0.2, 0) is 0 Å². The van der Waals surface area contributed by atoms with Crippen molar-refractivity contribution in [3.63, 3.8) is 0 Å². The zero-order chi connectivity index (χ0) is 11.3. The summed E-state index contributed by atoms with van der Waals surface area (Å²) < 4.78 is 0. The third-order valence-corrected chi connectivity index (χ3v) is 4.04. The Morgan fingerprint density at radius 1 is 1.40 bits per heavy atom. The van der Waals surface area contributed by atoms with E-state index in [1.807, 2.05) is 0 Å². The maximum atomic E-state index is 3.63. The Morgan fingerprint density at radius 3 is 2.67 bits per heavy atom. The highest BCUT2D eigenvalue weighted by atomic mass is 32.2. The Labute approximate surface area is 99.2 Å². The standard InChI is InChI=1S/C12H26N2S/c1-12(2,10-14(3)4)9-13-7-11-5-6-15-8-11/h11,13H,5-10H2,1-4H3. The maximum absolute atomic E-state index is 3.63. The molecule has 1 atom stereocenters. The molecule has 1 saturated heterocycles. The van der Waals surface area contributed by atoms with E-state index in [4.69, 9.17) is 0 Å². The van der Waals surface area contributed by atoms with Gasteiger partial charge in [0.05, 0.1) is 0 Å². The summed E-state index contributed by atoms with van der Waals surface area (Å²) in [5, 5.41) is 3.63. The van der Waals surface area contributed by atoms with E-state index in [9.17, 15) is 0 Å². The highest BCUT2D eigenvalue weighted by Crippen LogP contribution is 2.23. The molecule has 1 aliphatic rings. The summed E-state index contributed by atoms with van der Waals surface area (Å²) in [5.41, 5.74) is 0.384. The van der Waals surface area contributed by atoms with Gasteiger partial charge in [0.25, 0.3) is 0 Å². The number of hydrogen-bond acceptors (Lipinski definition) is 3. The Balaban J connectivity index is 2.11. The van der Waals surface area contributed by atoms with Crippen molar-refractivity contribution in [2.45, 2.75) is 20.3 Å². The van der Waals surface area contributed by atoms with Crippen molar-refractivity contribution in [1.82, 2.24) is 10.2 Å². The van der Waals surface area contributed by atoms with Gasteiger partial charge >= 0.3 is 0 Å². The normalized spacial score (nSPS) is 22.6. The predicted octanol–water partition coefficient (Wildman–Crippen LogP) is 1.92. The van der Waals surface area contributed by atoms with Crippen LogP contribution in [-0.4, -0.2) is 50.1 Å². The lowest BCUT2D eigenvalue weighted by Gasteiger charge is -2.29. The van der Waals surface area contributed by atoms with Crippen LogP contribution < -0.4 is 5.32 Å². The molecule has 3 heteroatoms. The highest BCUT2D eigenvalue weighted by molar-refractivity contribution is 7.99. The van der Waals surface area contributed by atoms with Gasteiger partial charge in [0.2, 0.25) is 0 Å². The first kappa shape index (κ1) is 13.3. The molecule has 15 heavy (non-hydrogen) atoms. The zero-order valence-corrected chi connectivity index (χ0v) is 11.5. The Kier molecular flexibility index (Phi) is 5.44. The van der Waals surface area contributed by atoms with E-state index in [2.05, 4.69) is 49.9 Å². The zero-order valence-electron chi connectivity index (χ0n) is 10.7. The fourth-order valence-electron chi connectivity index (χ4n) is 2.27. The molecule has 1 unspecified atom stereocenters. The SMILES string of the molecule is CN(C)CC(C)(C)CNCC1CCSC1. The molecular weight excluding hydrogens is 204 g/mol. The molecule has 90 valence electrons. The van der Waals surface area contributed by atoms with Gasteiger partial charge in [0.1, 0.15) is 0 Å². The van der Waals surface area contributed by atoms with Crippen LogP contribution in [0.3, 0.4) is 0 Å². The fraction of sp³-hybridized carbons (Fsp3) is 1.00. The third-order valence-electron chi connectivity index (χ3n) is 2.80. The fourth-order valence-corrected chi connectivity index (χ4v) is 3.56.